The van der Waals surface area contributed by atoms with Crippen LogP contribution in [-0.2, 0) is 15.5 Å². The third-order valence-electron chi connectivity index (χ3n) is 2.87. The molecule has 0 saturated heterocycles. The first-order valence-electron chi connectivity index (χ1n) is 6.85. The van der Waals surface area contributed by atoms with Crippen molar-refractivity contribution in [2.75, 3.05) is 26.9 Å². The number of hydrogen-bond acceptors (Lipinski definition) is 4. The summed E-state index contributed by atoms with van der Waals surface area (Å²) in [7, 11) is 1.62. The highest BCUT2D eigenvalue weighted by atomic mass is 19.3. The van der Waals surface area contributed by atoms with Gasteiger partial charge in [-0.25, -0.2) is 8.78 Å². The molecule has 0 aliphatic heterocycles. The van der Waals surface area contributed by atoms with Gasteiger partial charge >= 0.3 is 0 Å². The number of oxime groups is 1. The summed E-state index contributed by atoms with van der Waals surface area (Å²) in [5.74, 6) is -2.85. The van der Waals surface area contributed by atoms with E-state index in [9.17, 15) is 8.78 Å². The van der Waals surface area contributed by atoms with E-state index in [1.807, 2.05) is 0 Å². The number of benzene rings is 1. The van der Waals surface area contributed by atoms with E-state index in [0.29, 0.717) is 31.9 Å². The minimum Gasteiger partial charge on any atom is -0.394 e. The largest absolute Gasteiger partial charge is 0.394 e. The average Bonchev–Trinajstić information content (AvgIpc) is 2.45. The first-order chi connectivity index (χ1) is 9.99. The molecule has 1 aromatic rings. The van der Waals surface area contributed by atoms with Gasteiger partial charge in [-0.05, 0) is 18.4 Å². The van der Waals surface area contributed by atoms with Crippen LogP contribution in [-0.4, -0.2) is 32.6 Å². The lowest BCUT2D eigenvalue weighted by molar-refractivity contribution is 0.0175. The highest BCUT2D eigenvalue weighted by Gasteiger charge is 2.23. The average molecular weight is 300 g/mol. The van der Waals surface area contributed by atoms with Crippen molar-refractivity contribution in [1.82, 2.24) is 0 Å². The number of alkyl halides is 2. The van der Waals surface area contributed by atoms with Crippen LogP contribution < -0.4 is 5.73 Å². The Morgan fingerprint density at radius 3 is 2.43 bits per heavy atom. The molecule has 2 N–H and O–H groups in total. The maximum Gasteiger partial charge on any atom is 0.270 e. The molecule has 0 aliphatic carbocycles. The van der Waals surface area contributed by atoms with Crippen LogP contribution in [0.1, 0.15) is 30.9 Å². The van der Waals surface area contributed by atoms with Crippen LogP contribution in [0.2, 0.25) is 0 Å². The first kappa shape index (κ1) is 17.5. The zero-order chi connectivity index (χ0) is 15.7. The second kappa shape index (κ2) is 8.69. The Morgan fingerprint density at radius 1 is 1.24 bits per heavy atom. The van der Waals surface area contributed by atoms with Gasteiger partial charge in [0.2, 0.25) is 0 Å². The fourth-order valence-electron chi connectivity index (χ4n) is 1.76. The molecule has 0 heterocycles. The number of nitrogens with zero attached hydrogens (tertiary/aromatic N) is 1. The second-order valence-electron chi connectivity index (χ2n) is 4.72. The summed E-state index contributed by atoms with van der Waals surface area (Å²) in [6.07, 6.45) is 1.41. The highest BCUT2D eigenvalue weighted by Crippen LogP contribution is 2.27. The summed E-state index contributed by atoms with van der Waals surface area (Å²) in [5, 5.41) is 4.04. The smallest absolute Gasteiger partial charge is 0.270 e. The molecule has 118 valence electrons. The third-order valence-corrected chi connectivity index (χ3v) is 2.87. The van der Waals surface area contributed by atoms with Gasteiger partial charge in [-0.3, -0.25) is 0 Å². The molecule has 0 aliphatic rings. The number of rotatable bonds is 9. The van der Waals surface area contributed by atoms with Crippen molar-refractivity contribution < 1.29 is 18.4 Å². The molecule has 0 radical (unpaired) electrons. The second-order valence-corrected chi connectivity index (χ2v) is 4.72. The maximum atomic E-state index is 13.2. The third kappa shape index (κ3) is 6.18. The Bertz CT molecular complexity index is 442. The number of methoxy groups -OCH3 is 1. The molecule has 0 amide bonds. The van der Waals surface area contributed by atoms with Crippen molar-refractivity contribution in [2.24, 2.45) is 10.9 Å². The molecule has 21 heavy (non-hydrogen) atoms. The van der Waals surface area contributed by atoms with Gasteiger partial charge in [0.05, 0.1) is 5.71 Å². The zero-order valence-electron chi connectivity index (χ0n) is 12.4. The molecular weight excluding hydrogens is 278 g/mol. The zero-order valence-corrected chi connectivity index (χ0v) is 12.4. The van der Waals surface area contributed by atoms with Crippen LogP contribution >= 0.6 is 0 Å². The summed E-state index contributed by atoms with van der Waals surface area (Å²) >= 11 is 0. The molecular formula is C15H22F2N2O2. The lowest BCUT2D eigenvalue weighted by atomic mass is 10.0. The van der Waals surface area contributed by atoms with Gasteiger partial charge in [-0.1, -0.05) is 29.4 Å². The van der Waals surface area contributed by atoms with Gasteiger partial charge in [-0.15, -0.1) is 0 Å². The number of ether oxygens (including phenoxy) is 1. The van der Waals surface area contributed by atoms with Crippen LogP contribution in [0.15, 0.2) is 29.4 Å². The van der Waals surface area contributed by atoms with Crippen molar-refractivity contribution in [1.29, 1.82) is 0 Å². The maximum absolute atomic E-state index is 13.2. The Labute approximate surface area is 123 Å². The topological polar surface area (TPSA) is 56.8 Å². The van der Waals surface area contributed by atoms with Crippen molar-refractivity contribution in [3.63, 3.8) is 0 Å². The van der Waals surface area contributed by atoms with Crippen molar-refractivity contribution in [3.8, 4) is 0 Å². The predicted molar refractivity (Wildman–Crippen MR) is 78.7 cm³/mol. The Morgan fingerprint density at radius 2 is 1.90 bits per heavy atom. The summed E-state index contributed by atoms with van der Waals surface area (Å²) < 4.78 is 31.4. The fourth-order valence-corrected chi connectivity index (χ4v) is 1.76. The lowest BCUT2D eigenvalue weighted by Gasteiger charge is -2.12. The summed E-state index contributed by atoms with van der Waals surface area (Å²) in [4.78, 5) is 5.10. The molecule has 0 spiro atoms. The molecule has 0 saturated carbocycles. The fraction of sp³-hybridized carbons (Fsp3) is 0.533. The molecule has 0 atom stereocenters. The highest BCUT2D eigenvalue weighted by molar-refractivity contribution is 6.00. The van der Waals surface area contributed by atoms with E-state index < -0.39 is 5.92 Å². The molecule has 6 heteroatoms. The van der Waals surface area contributed by atoms with Crippen LogP contribution in [0, 0.1) is 0 Å². The van der Waals surface area contributed by atoms with Crippen LogP contribution in [0.25, 0.3) is 0 Å². The summed E-state index contributed by atoms with van der Waals surface area (Å²) in [6.45, 7) is 2.16. The monoisotopic (exact) mass is 300 g/mol. The van der Waals surface area contributed by atoms with Gasteiger partial charge in [-0.2, -0.15) is 0 Å². The Balaban J connectivity index is 2.83. The van der Waals surface area contributed by atoms with Crippen molar-refractivity contribution in [2.45, 2.75) is 25.7 Å². The van der Waals surface area contributed by atoms with E-state index in [1.165, 1.54) is 12.1 Å². The van der Waals surface area contributed by atoms with E-state index in [1.54, 1.807) is 19.2 Å². The SMILES string of the molecule is COCCC/C(=N/OCCN)c1ccc(C(C)(F)F)cc1. The number of hydrogen-bond donors (Lipinski definition) is 1. The summed E-state index contributed by atoms with van der Waals surface area (Å²) in [5.41, 5.74) is 6.78. The molecule has 0 unspecified atom stereocenters. The van der Waals surface area contributed by atoms with Gasteiger partial charge in [0.15, 0.2) is 0 Å². The molecule has 1 rings (SSSR count). The van der Waals surface area contributed by atoms with Crippen LogP contribution in [0.4, 0.5) is 8.78 Å². The van der Waals surface area contributed by atoms with Crippen LogP contribution in [0.3, 0.4) is 0 Å². The molecule has 0 aromatic heterocycles. The lowest BCUT2D eigenvalue weighted by Crippen LogP contribution is -2.10. The minimum atomic E-state index is -2.85. The van der Waals surface area contributed by atoms with Crippen molar-refractivity contribution >= 4 is 5.71 Å². The first-order valence-corrected chi connectivity index (χ1v) is 6.85. The predicted octanol–water partition coefficient (Wildman–Crippen LogP) is 2.90. The standard InChI is InChI=1S/C15H22F2N2O2/c1-15(16,17)13-7-5-12(6-8-13)14(4-3-10-20-2)19-21-11-9-18/h5-8H,3-4,9-11,18H2,1-2H3/b19-14-. The molecule has 0 bridgehead atoms. The van der Waals surface area contributed by atoms with Gasteiger partial charge in [0.25, 0.3) is 5.92 Å². The van der Waals surface area contributed by atoms with Crippen molar-refractivity contribution in [3.05, 3.63) is 35.4 Å². The van der Waals surface area contributed by atoms with Crippen LogP contribution in [0.5, 0.6) is 0 Å². The molecule has 0 fully saturated rings. The molecule has 4 nitrogen and oxygen atoms in total. The van der Waals surface area contributed by atoms with Gasteiger partial charge < -0.3 is 15.3 Å². The number of halogens is 2. The van der Waals surface area contributed by atoms with E-state index in [-0.39, 0.29) is 5.56 Å². The summed E-state index contributed by atoms with van der Waals surface area (Å²) in [6, 6.07) is 6.07. The van der Waals surface area contributed by atoms with Gasteiger partial charge in [0, 0.05) is 32.7 Å². The Hall–Kier alpha value is -1.53. The van der Waals surface area contributed by atoms with E-state index in [2.05, 4.69) is 5.16 Å². The normalized spacial score (nSPS) is 12.5. The number of nitrogens with two attached hydrogens (primary N) is 1. The molecule has 1 aromatic carbocycles. The minimum absolute atomic E-state index is 0.0228. The van der Waals surface area contributed by atoms with E-state index in [0.717, 1.165) is 18.9 Å². The Kier molecular flexibility index (Phi) is 7.25. The quantitative estimate of drug-likeness (QED) is 0.433. The van der Waals surface area contributed by atoms with Gasteiger partial charge in [0.1, 0.15) is 6.61 Å². The van der Waals surface area contributed by atoms with E-state index >= 15 is 0 Å². The van der Waals surface area contributed by atoms with E-state index in [4.69, 9.17) is 15.3 Å².